The van der Waals surface area contributed by atoms with E-state index in [9.17, 15) is 4.79 Å². The Morgan fingerprint density at radius 2 is 2.00 bits per heavy atom. The van der Waals surface area contributed by atoms with E-state index in [0.717, 1.165) is 18.5 Å². The summed E-state index contributed by atoms with van der Waals surface area (Å²) in [5.74, 6) is 0.0858. The fourth-order valence-corrected chi connectivity index (χ4v) is 1.70. The number of hydrogen-bond acceptors (Lipinski definition) is 2. The second-order valence-electron chi connectivity index (χ2n) is 4.05. The second-order valence-corrected chi connectivity index (χ2v) is 4.48. The molecule has 1 amide bonds. The molecule has 17 heavy (non-hydrogen) atoms. The summed E-state index contributed by atoms with van der Waals surface area (Å²) >= 11 is 5.81. The van der Waals surface area contributed by atoms with Crippen LogP contribution >= 0.6 is 11.6 Å². The molecule has 0 bridgehead atoms. The number of carbonyl (C=O) groups is 1. The van der Waals surface area contributed by atoms with E-state index in [0.29, 0.717) is 11.4 Å². The van der Waals surface area contributed by atoms with E-state index in [4.69, 9.17) is 11.6 Å². The van der Waals surface area contributed by atoms with Crippen molar-refractivity contribution in [3.63, 3.8) is 0 Å². The van der Waals surface area contributed by atoms with Crippen molar-refractivity contribution >= 4 is 17.5 Å². The van der Waals surface area contributed by atoms with E-state index < -0.39 is 0 Å². The number of benzene rings is 1. The van der Waals surface area contributed by atoms with Gasteiger partial charge in [0.25, 0.3) is 0 Å². The molecule has 1 rings (SSSR count). The van der Waals surface area contributed by atoms with E-state index >= 15 is 0 Å². The van der Waals surface area contributed by atoms with Crippen LogP contribution in [0.1, 0.15) is 31.4 Å². The standard InChI is InChI=1S/C13H19ClN2O/c1-10(11-5-7-12(14)8-6-11)16-13(17)4-3-9-15-2/h5-8,10,15H,3-4,9H2,1-2H3,(H,16,17)/t10-/m1/s1. The molecule has 0 aliphatic rings. The van der Waals surface area contributed by atoms with Crippen molar-refractivity contribution in [1.82, 2.24) is 10.6 Å². The van der Waals surface area contributed by atoms with Crippen molar-refractivity contribution in [3.8, 4) is 0 Å². The first kappa shape index (κ1) is 14.0. The van der Waals surface area contributed by atoms with Crippen molar-refractivity contribution in [2.75, 3.05) is 13.6 Å². The van der Waals surface area contributed by atoms with Crippen LogP contribution in [0.25, 0.3) is 0 Å². The summed E-state index contributed by atoms with van der Waals surface area (Å²) < 4.78 is 0. The molecule has 1 atom stereocenters. The fourth-order valence-electron chi connectivity index (χ4n) is 1.57. The molecule has 0 saturated heterocycles. The predicted octanol–water partition coefficient (Wildman–Crippen LogP) is 2.52. The van der Waals surface area contributed by atoms with E-state index in [-0.39, 0.29) is 11.9 Å². The lowest BCUT2D eigenvalue weighted by Gasteiger charge is -2.14. The van der Waals surface area contributed by atoms with Crippen molar-refractivity contribution < 1.29 is 4.79 Å². The summed E-state index contributed by atoms with van der Waals surface area (Å²) in [6, 6.07) is 7.55. The smallest absolute Gasteiger partial charge is 0.220 e. The molecule has 1 aromatic rings. The van der Waals surface area contributed by atoms with Crippen molar-refractivity contribution in [3.05, 3.63) is 34.9 Å². The summed E-state index contributed by atoms with van der Waals surface area (Å²) in [5.41, 5.74) is 1.07. The SMILES string of the molecule is CNCCCC(=O)N[C@H](C)c1ccc(Cl)cc1. The summed E-state index contributed by atoms with van der Waals surface area (Å²) in [7, 11) is 1.88. The maximum Gasteiger partial charge on any atom is 0.220 e. The van der Waals surface area contributed by atoms with Crippen LogP contribution in [0.4, 0.5) is 0 Å². The summed E-state index contributed by atoms with van der Waals surface area (Å²) in [4.78, 5) is 11.6. The maximum absolute atomic E-state index is 11.6. The number of nitrogens with one attached hydrogen (secondary N) is 2. The number of rotatable bonds is 6. The molecule has 0 saturated carbocycles. The molecule has 0 unspecified atom stereocenters. The van der Waals surface area contributed by atoms with Crippen LogP contribution in [0, 0.1) is 0 Å². The Labute approximate surface area is 108 Å². The number of halogens is 1. The zero-order chi connectivity index (χ0) is 12.7. The minimum atomic E-state index is 0.0225. The van der Waals surface area contributed by atoms with Crippen molar-refractivity contribution in [2.24, 2.45) is 0 Å². The van der Waals surface area contributed by atoms with Crippen LogP contribution in [0.5, 0.6) is 0 Å². The molecule has 2 N–H and O–H groups in total. The third-order valence-corrected chi connectivity index (χ3v) is 2.83. The largest absolute Gasteiger partial charge is 0.350 e. The van der Waals surface area contributed by atoms with Gasteiger partial charge in [0.2, 0.25) is 5.91 Å². The van der Waals surface area contributed by atoms with Crippen LogP contribution in [-0.4, -0.2) is 19.5 Å². The lowest BCUT2D eigenvalue weighted by molar-refractivity contribution is -0.121. The van der Waals surface area contributed by atoms with Gasteiger partial charge in [-0.1, -0.05) is 23.7 Å². The third-order valence-electron chi connectivity index (χ3n) is 2.58. The van der Waals surface area contributed by atoms with Gasteiger partial charge in [0.05, 0.1) is 6.04 Å². The quantitative estimate of drug-likeness (QED) is 0.766. The van der Waals surface area contributed by atoms with Gasteiger partial charge in [0, 0.05) is 11.4 Å². The number of carbonyl (C=O) groups excluding carboxylic acids is 1. The molecule has 0 spiro atoms. The molecule has 1 aromatic carbocycles. The molecule has 3 nitrogen and oxygen atoms in total. The zero-order valence-electron chi connectivity index (χ0n) is 10.3. The first-order valence-electron chi connectivity index (χ1n) is 5.83. The Balaban J connectivity index is 2.40. The fraction of sp³-hybridized carbons (Fsp3) is 0.462. The Hall–Kier alpha value is -1.06. The van der Waals surface area contributed by atoms with Crippen LogP contribution < -0.4 is 10.6 Å². The molecule has 0 aromatic heterocycles. The third kappa shape index (κ3) is 5.20. The molecular weight excluding hydrogens is 236 g/mol. The highest BCUT2D eigenvalue weighted by Crippen LogP contribution is 2.16. The molecule has 94 valence electrons. The molecule has 0 aliphatic heterocycles. The van der Waals surface area contributed by atoms with Gasteiger partial charge >= 0.3 is 0 Å². The lowest BCUT2D eigenvalue weighted by Crippen LogP contribution is -2.27. The van der Waals surface area contributed by atoms with E-state index in [1.165, 1.54) is 0 Å². The monoisotopic (exact) mass is 254 g/mol. The van der Waals surface area contributed by atoms with Crippen molar-refractivity contribution in [2.45, 2.75) is 25.8 Å². The Morgan fingerprint density at radius 1 is 1.35 bits per heavy atom. The summed E-state index contributed by atoms with van der Waals surface area (Å²) in [6.45, 7) is 2.84. The average Bonchev–Trinajstić information content (AvgIpc) is 2.30. The number of amides is 1. The van der Waals surface area contributed by atoms with Gasteiger partial charge in [-0.2, -0.15) is 0 Å². The topological polar surface area (TPSA) is 41.1 Å². The highest BCUT2D eigenvalue weighted by atomic mass is 35.5. The van der Waals surface area contributed by atoms with Gasteiger partial charge in [-0.15, -0.1) is 0 Å². The first-order valence-corrected chi connectivity index (χ1v) is 6.20. The first-order chi connectivity index (χ1) is 8.13. The molecular formula is C13H19ClN2O. The van der Waals surface area contributed by atoms with Crippen LogP contribution in [0.15, 0.2) is 24.3 Å². The van der Waals surface area contributed by atoms with Gasteiger partial charge in [-0.25, -0.2) is 0 Å². The zero-order valence-corrected chi connectivity index (χ0v) is 11.1. The molecule has 0 fully saturated rings. The van der Waals surface area contributed by atoms with E-state index in [2.05, 4.69) is 10.6 Å². The maximum atomic E-state index is 11.6. The predicted molar refractivity (Wildman–Crippen MR) is 71.2 cm³/mol. The van der Waals surface area contributed by atoms with Gasteiger partial charge in [0.1, 0.15) is 0 Å². The minimum Gasteiger partial charge on any atom is -0.350 e. The van der Waals surface area contributed by atoms with E-state index in [1.807, 2.05) is 38.2 Å². The molecule has 0 heterocycles. The minimum absolute atomic E-state index is 0.0225. The Kier molecular flexibility index (Phi) is 6.01. The Morgan fingerprint density at radius 3 is 2.59 bits per heavy atom. The Bertz CT molecular complexity index is 351. The highest BCUT2D eigenvalue weighted by molar-refractivity contribution is 6.30. The molecule has 0 aliphatic carbocycles. The summed E-state index contributed by atoms with van der Waals surface area (Å²) in [6.07, 6.45) is 1.41. The molecule has 0 radical (unpaired) electrons. The average molecular weight is 255 g/mol. The van der Waals surface area contributed by atoms with E-state index in [1.54, 1.807) is 0 Å². The molecule has 4 heteroatoms. The van der Waals surface area contributed by atoms with Crippen LogP contribution in [0.2, 0.25) is 5.02 Å². The van der Waals surface area contributed by atoms with Crippen molar-refractivity contribution in [1.29, 1.82) is 0 Å². The summed E-state index contributed by atoms with van der Waals surface area (Å²) in [5, 5.41) is 6.69. The van der Waals surface area contributed by atoms with Gasteiger partial charge in [-0.05, 0) is 44.6 Å². The lowest BCUT2D eigenvalue weighted by atomic mass is 10.1. The highest BCUT2D eigenvalue weighted by Gasteiger charge is 2.08. The van der Waals surface area contributed by atoms with Gasteiger partial charge < -0.3 is 10.6 Å². The normalized spacial score (nSPS) is 12.2. The number of hydrogen-bond donors (Lipinski definition) is 2. The van der Waals surface area contributed by atoms with Crippen LogP contribution in [-0.2, 0) is 4.79 Å². The van der Waals surface area contributed by atoms with Gasteiger partial charge in [-0.3, -0.25) is 4.79 Å². The van der Waals surface area contributed by atoms with Gasteiger partial charge in [0.15, 0.2) is 0 Å². The second kappa shape index (κ2) is 7.30. The van der Waals surface area contributed by atoms with Crippen LogP contribution in [0.3, 0.4) is 0 Å².